The first-order chi connectivity index (χ1) is 13.3. The molecule has 2 N–H and O–H groups in total. The number of ether oxygens (including phenoxy) is 3. The predicted molar refractivity (Wildman–Crippen MR) is 103 cm³/mol. The van der Waals surface area contributed by atoms with Gasteiger partial charge in [-0.2, -0.15) is 10.1 Å². The minimum atomic E-state index is 0.393. The lowest BCUT2D eigenvalue weighted by Gasteiger charge is -2.10. The normalized spacial score (nSPS) is 10.1. The van der Waals surface area contributed by atoms with E-state index in [4.69, 9.17) is 14.2 Å². The number of methoxy groups -OCH3 is 2. The molecule has 8 heteroatoms. The van der Waals surface area contributed by atoms with Crippen LogP contribution in [0.1, 0.15) is 0 Å². The lowest BCUT2D eigenvalue weighted by molar-refractivity contribution is 0.331. The zero-order chi connectivity index (χ0) is 18.9. The van der Waals surface area contributed by atoms with Gasteiger partial charge in [0.2, 0.25) is 5.95 Å². The first-order valence-corrected chi connectivity index (χ1v) is 8.38. The highest BCUT2D eigenvalue weighted by atomic mass is 16.5. The van der Waals surface area contributed by atoms with Gasteiger partial charge >= 0.3 is 0 Å². The van der Waals surface area contributed by atoms with E-state index in [9.17, 15) is 0 Å². The number of rotatable bonds is 9. The number of nitrogens with zero attached hydrogens (tertiary/aromatic N) is 3. The Morgan fingerprint density at radius 2 is 1.70 bits per heavy atom. The average molecular weight is 367 g/mol. The van der Waals surface area contributed by atoms with E-state index in [1.54, 1.807) is 20.4 Å². The SMILES string of the molecule is COc1ccc(OCCNc2cnnc(Nc3cccc(OC)c3)n2)cc1. The third kappa shape index (κ3) is 5.46. The maximum Gasteiger partial charge on any atom is 0.249 e. The molecular formula is C19H21N5O3. The summed E-state index contributed by atoms with van der Waals surface area (Å²) in [6, 6.07) is 14.9. The van der Waals surface area contributed by atoms with E-state index >= 15 is 0 Å². The van der Waals surface area contributed by atoms with Gasteiger partial charge in [0.25, 0.3) is 0 Å². The molecule has 0 bridgehead atoms. The number of benzene rings is 2. The Morgan fingerprint density at radius 3 is 2.48 bits per heavy atom. The van der Waals surface area contributed by atoms with Gasteiger partial charge in [0.1, 0.15) is 23.9 Å². The molecule has 3 rings (SSSR count). The van der Waals surface area contributed by atoms with Crippen LogP contribution in [0.3, 0.4) is 0 Å². The standard InChI is InChI=1S/C19H21N5O3/c1-25-15-6-8-16(9-7-15)27-11-10-20-18-13-21-24-19(23-18)22-14-4-3-5-17(12-14)26-2/h3-9,12-13H,10-11H2,1-2H3,(H2,20,22,23,24). The molecule has 140 valence electrons. The van der Waals surface area contributed by atoms with Crippen LogP contribution in [0.2, 0.25) is 0 Å². The van der Waals surface area contributed by atoms with Crippen molar-refractivity contribution >= 4 is 17.5 Å². The topological polar surface area (TPSA) is 90.4 Å². The van der Waals surface area contributed by atoms with Crippen molar-refractivity contribution in [1.29, 1.82) is 0 Å². The zero-order valence-corrected chi connectivity index (χ0v) is 15.2. The molecule has 0 saturated carbocycles. The second kappa shape index (κ2) is 9.23. The van der Waals surface area contributed by atoms with Crippen LogP contribution in [0, 0.1) is 0 Å². The van der Waals surface area contributed by atoms with Crippen molar-refractivity contribution in [2.75, 3.05) is 38.0 Å². The first kappa shape index (κ1) is 18.2. The van der Waals surface area contributed by atoms with E-state index in [-0.39, 0.29) is 0 Å². The number of aromatic nitrogens is 3. The van der Waals surface area contributed by atoms with Gasteiger partial charge in [-0.1, -0.05) is 6.07 Å². The van der Waals surface area contributed by atoms with Gasteiger partial charge in [-0.25, -0.2) is 0 Å². The predicted octanol–water partition coefficient (Wildman–Crippen LogP) is 3.12. The number of hydrogen-bond donors (Lipinski definition) is 2. The molecule has 2 aromatic carbocycles. The molecule has 3 aromatic rings. The molecule has 0 saturated heterocycles. The van der Waals surface area contributed by atoms with E-state index < -0.39 is 0 Å². The molecule has 0 fully saturated rings. The molecule has 27 heavy (non-hydrogen) atoms. The largest absolute Gasteiger partial charge is 0.497 e. The highest BCUT2D eigenvalue weighted by Gasteiger charge is 2.03. The maximum absolute atomic E-state index is 5.67. The molecule has 0 unspecified atom stereocenters. The molecule has 1 aromatic heterocycles. The highest BCUT2D eigenvalue weighted by molar-refractivity contribution is 5.56. The van der Waals surface area contributed by atoms with Crippen LogP contribution in [0.4, 0.5) is 17.5 Å². The lowest BCUT2D eigenvalue weighted by atomic mass is 10.3. The molecular weight excluding hydrogens is 346 g/mol. The minimum absolute atomic E-state index is 0.393. The van der Waals surface area contributed by atoms with E-state index in [2.05, 4.69) is 25.8 Å². The van der Waals surface area contributed by atoms with E-state index in [1.807, 2.05) is 48.5 Å². The Bertz CT molecular complexity index is 858. The fourth-order valence-electron chi connectivity index (χ4n) is 2.29. The smallest absolute Gasteiger partial charge is 0.249 e. The Balaban J connectivity index is 1.49. The second-order valence-electron chi connectivity index (χ2n) is 5.47. The third-order valence-corrected chi connectivity index (χ3v) is 3.62. The zero-order valence-electron chi connectivity index (χ0n) is 15.2. The van der Waals surface area contributed by atoms with Crippen molar-refractivity contribution in [2.45, 2.75) is 0 Å². The van der Waals surface area contributed by atoms with Gasteiger partial charge in [0.05, 0.1) is 27.0 Å². The van der Waals surface area contributed by atoms with Crippen LogP contribution < -0.4 is 24.8 Å². The Hall–Kier alpha value is -3.55. The number of anilines is 3. The summed E-state index contributed by atoms with van der Waals surface area (Å²) in [4.78, 5) is 4.38. The van der Waals surface area contributed by atoms with E-state index in [1.165, 1.54) is 0 Å². The number of nitrogens with one attached hydrogen (secondary N) is 2. The van der Waals surface area contributed by atoms with Crippen LogP contribution >= 0.6 is 0 Å². The van der Waals surface area contributed by atoms with Crippen molar-refractivity contribution in [3.05, 3.63) is 54.7 Å². The molecule has 0 aliphatic rings. The summed E-state index contributed by atoms with van der Waals surface area (Å²) in [6.45, 7) is 1.05. The van der Waals surface area contributed by atoms with E-state index in [0.29, 0.717) is 24.9 Å². The summed E-state index contributed by atoms with van der Waals surface area (Å²) in [5.41, 5.74) is 0.816. The summed E-state index contributed by atoms with van der Waals surface area (Å²) in [6.07, 6.45) is 1.56. The minimum Gasteiger partial charge on any atom is -0.497 e. The first-order valence-electron chi connectivity index (χ1n) is 8.38. The van der Waals surface area contributed by atoms with Gasteiger partial charge in [0.15, 0.2) is 5.82 Å². The van der Waals surface area contributed by atoms with Crippen molar-refractivity contribution in [3.63, 3.8) is 0 Å². The molecule has 0 spiro atoms. The van der Waals surface area contributed by atoms with Crippen LogP contribution in [0.25, 0.3) is 0 Å². The number of hydrogen-bond acceptors (Lipinski definition) is 8. The molecule has 8 nitrogen and oxygen atoms in total. The van der Waals surface area contributed by atoms with Gasteiger partial charge in [0, 0.05) is 11.8 Å². The van der Waals surface area contributed by atoms with Crippen LogP contribution in [-0.2, 0) is 0 Å². The average Bonchev–Trinajstić information content (AvgIpc) is 2.72. The van der Waals surface area contributed by atoms with Gasteiger partial charge < -0.3 is 24.8 Å². The Kier molecular flexibility index (Phi) is 6.24. The summed E-state index contributed by atoms with van der Waals surface area (Å²) in [5, 5.41) is 14.2. The van der Waals surface area contributed by atoms with Crippen LogP contribution in [0.5, 0.6) is 17.2 Å². The third-order valence-electron chi connectivity index (χ3n) is 3.62. The van der Waals surface area contributed by atoms with Crippen molar-refractivity contribution in [1.82, 2.24) is 15.2 Å². The molecule has 0 atom stereocenters. The van der Waals surface area contributed by atoms with Crippen molar-refractivity contribution in [3.8, 4) is 17.2 Å². The Morgan fingerprint density at radius 1 is 0.926 bits per heavy atom. The van der Waals surface area contributed by atoms with E-state index in [0.717, 1.165) is 22.9 Å². The summed E-state index contributed by atoms with van der Waals surface area (Å²) >= 11 is 0. The highest BCUT2D eigenvalue weighted by Crippen LogP contribution is 2.19. The molecule has 0 aliphatic heterocycles. The fourth-order valence-corrected chi connectivity index (χ4v) is 2.29. The van der Waals surface area contributed by atoms with Crippen molar-refractivity contribution in [2.24, 2.45) is 0 Å². The maximum atomic E-state index is 5.67. The fraction of sp³-hybridized carbons (Fsp3) is 0.211. The monoisotopic (exact) mass is 367 g/mol. The summed E-state index contributed by atoms with van der Waals surface area (Å²) in [5.74, 6) is 3.32. The molecule has 0 amide bonds. The van der Waals surface area contributed by atoms with Crippen LogP contribution in [-0.4, -0.2) is 42.6 Å². The lowest BCUT2D eigenvalue weighted by Crippen LogP contribution is -2.13. The summed E-state index contributed by atoms with van der Waals surface area (Å²) in [7, 11) is 3.25. The van der Waals surface area contributed by atoms with Gasteiger partial charge in [-0.3, -0.25) is 0 Å². The summed E-state index contributed by atoms with van der Waals surface area (Å²) < 4.78 is 16.0. The molecule has 0 radical (unpaired) electrons. The van der Waals surface area contributed by atoms with Crippen molar-refractivity contribution < 1.29 is 14.2 Å². The quantitative estimate of drug-likeness (QED) is 0.558. The Labute approximate surface area is 157 Å². The van der Waals surface area contributed by atoms with Gasteiger partial charge in [-0.15, -0.1) is 5.10 Å². The second-order valence-corrected chi connectivity index (χ2v) is 5.47. The van der Waals surface area contributed by atoms with Gasteiger partial charge in [-0.05, 0) is 36.4 Å². The van der Waals surface area contributed by atoms with Crippen LogP contribution in [0.15, 0.2) is 54.7 Å². The molecule has 0 aliphatic carbocycles. The molecule has 1 heterocycles.